The molecule has 0 amide bonds. The van der Waals surface area contributed by atoms with Crippen LogP contribution in [0.2, 0.25) is 0 Å². The predicted octanol–water partition coefficient (Wildman–Crippen LogP) is 3.39. The molecule has 1 aliphatic rings. The van der Waals surface area contributed by atoms with E-state index in [2.05, 4.69) is 4.74 Å². The highest BCUT2D eigenvalue weighted by atomic mass is 19.3. The molecule has 0 saturated heterocycles. The molecule has 0 unspecified atom stereocenters. The molecule has 134 valence electrons. The average molecular weight is 359 g/mol. The van der Waals surface area contributed by atoms with Gasteiger partial charge in [-0.3, -0.25) is 4.79 Å². The van der Waals surface area contributed by atoms with Crippen molar-refractivity contribution < 1.29 is 31.8 Å². The van der Waals surface area contributed by atoms with Gasteiger partial charge >= 0.3 is 12.6 Å². The molecule has 1 fully saturated rings. The van der Waals surface area contributed by atoms with Crippen molar-refractivity contribution in [1.82, 2.24) is 4.57 Å². The topological polar surface area (TPSA) is 57.5 Å². The van der Waals surface area contributed by atoms with Gasteiger partial charge in [-0.05, 0) is 25.8 Å². The molecule has 0 aliphatic heterocycles. The van der Waals surface area contributed by atoms with E-state index in [1.807, 2.05) is 0 Å². The quantitative estimate of drug-likeness (QED) is 0.607. The summed E-state index contributed by atoms with van der Waals surface area (Å²) in [4.78, 5) is 24.5. The Morgan fingerprint density at radius 1 is 1.36 bits per heavy atom. The number of nitrogens with zero attached hydrogens (tertiary/aromatic N) is 1. The summed E-state index contributed by atoms with van der Waals surface area (Å²) in [7, 11) is 0. The van der Waals surface area contributed by atoms with Crippen LogP contribution in [-0.4, -0.2) is 23.8 Å². The molecule has 2 aromatic rings. The van der Waals surface area contributed by atoms with E-state index in [-0.39, 0.29) is 23.7 Å². The van der Waals surface area contributed by atoms with Crippen LogP contribution in [0, 0.1) is 11.6 Å². The summed E-state index contributed by atoms with van der Waals surface area (Å²) >= 11 is 0. The summed E-state index contributed by atoms with van der Waals surface area (Å²) < 4.78 is 63.3. The number of carbonyl (C=O) groups is 1. The fourth-order valence-electron chi connectivity index (χ4n) is 2.62. The maximum Gasteiger partial charge on any atom is 0.387 e. The SMILES string of the molecule is CCOC(=O)c1cn(C2CC2)c2c(OC(F)F)c(F)c(F)cc2c1=O. The van der Waals surface area contributed by atoms with Crippen molar-refractivity contribution in [2.45, 2.75) is 32.4 Å². The van der Waals surface area contributed by atoms with Gasteiger partial charge in [-0.25, -0.2) is 9.18 Å². The first kappa shape index (κ1) is 17.2. The van der Waals surface area contributed by atoms with Gasteiger partial charge in [0, 0.05) is 12.2 Å². The molecule has 25 heavy (non-hydrogen) atoms. The number of benzene rings is 1. The summed E-state index contributed by atoms with van der Waals surface area (Å²) in [5.74, 6) is -5.12. The van der Waals surface area contributed by atoms with Gasteiger partial charge in [-0.1, -0.05) is 0 Å². The van der Waals surface area contributed by atoms with E-state index >= 15 is 0 Å². The molecule has 1 aromatic heterocycles. The van der Waals surface area contributed by atoms with Gasteiger partial charge in [0.05, 0.1) is 17.5 Å². The normalized spacial score (nSPS) is 14.2. The largest absolute Gasteiger partial charge is 0.462 e. The van der Waals surface area contributed by atoms with E-state index in [0.717, 1.165) is 6.20 Å². The Labute approximate surface area is 138 Å². The lowest BCUT2D eigenvalue weighted by Crippen LogP contribution is -2.22. The molecular weight excluding hydrogens is 346 g/mol. The number of carbonyl (C=O) groups excluding carboxylic acids is 1. The third kappa shape index (κ3) is 3.06. The van der Waals surface area contributed by atoms with Gasteiger partial charge in [-0.2, -0.15) is 13.2 Å². The smallest absolute Gasteiger partial charge is 0.387 e. The standard InChI is InChI=1S/C16H13F4NO4/c1-2-24-15(23)9-6-21(7-3-4-7)12-8(13(9)22)5-10(17)11(18)14(12)25-16(19)20/h5-7,16H,2-4H2,1H3. The lowest BCUT2D eigenvalue weighted by atomic mass is 10.1. The Morgan fingerprint density at radius 3 is 2.60 bits per heavy atom. The van der Waals surface area contributed by atoms with Crippen molar-refractivity contribution in [3.05, 3.63) is 39.7 Å². The van der Waals surface area contributed by atoms with Crippen LogP contribution in [0.1, 0.15) is 36.2 Å². The van der Waals surface area contributed by atoms with Gasteiger partial charge in [0.2, 0.25) is 11.2 Å². The molecule has 5 nitrogen and oxygen atoms in total. The second-order valence-electron chi connectivity index (χ2n) is 5.51. The maximum atomic E-state index is 14.0. The number of pyridine rings is 1. The minimum Gasteiger partial charge on any atom is -0.462 e. The highest BCUT2D eigenvalue weighted by molar-refractivity contribution is 5.95. The van der Waals surface area contributed by atoms with Crippen LogP contribution < -0.4 is 10.2 Å². The number of ether oxygens (including phenoxy) is 2. The van der Waals surface area contributed by atoms with Gasteiger partial charge in [-0.15, -0.1) is 0 Å². The molecule has 0 radical (unpaired) electrons. The van der Waals surface area contributed by atoms with E-state index in [9.17, 15) is 27.2 Å². The average Bonchev–Trinajstić information content (AvgIpc) is 3.37. The highest BCUT2D eigenvalue weighted by Crippen LogP contribution is 2.40. The second kappa shape index (κ2) is 6.38. The molecule has 0 N–H and O–H groups in total. The minimum atomic E-state index is -3.41. The molecule has 3 rings (SSSR count). The highest BCUT2D eigenvalue weighted by Gasteiger charge is 2.31. The van der Waals surface area contributed by atoms with E-state index in [0.29, 0.717) is 18.9 Å². The Kier molecular flexibility index (Phi) is 4.40. The molecule has 1 aliphatic carbocycles. The number of halogens is 4. The van der Waals surface area contributed by atoms with Gasteiger partial charge in [0.25, 0.3) is 0 Å². The zero-order valence-electron chi connectivity index (χ0n) is 13.0. The monoisotopic (exact) mass is 359 g/mol. The number of fused-ring (bicyclic) bond motifs is 1. The van der Waals surface area contributed by atoms with Crippen molar-refractivity contribution in [1.29, 1.82) is 0 Å². The molecular formula is C16H13F4NO4. The van der Waals surface area contributed by atoms with Crippen LogP contribution in [0.15, 0.2) is 17.1 Å². The molecule has 0 atom stereocenters. The van der Waals surface area contributed by atoms with Crippen molar-refractivity contribution in [3.63, 3.8) is 0 Å². The van der Waals surface area contributed by atoms with E-state index in [1.54, 1.807) is 6.92 Å². The van der Waals surface area contributed by atoms with Crippen LogP contribution >= 0.6 is 0 Å². The van der Waals surface area contributed by atoms with Crippen LogP contribution in [0.3, 0.4) is 0 Å². The summed E-state index contributed by atoms with van der Waals surface area (Å²) in [6.45, 7) is -1.86. The Hall–Kier alpha value is -2.58. The van der Waals surface area contributed by atoms with Crippen molar-refractivity contribution in [3.8, 4) is 5.75 Å². The molecule has 1 saturated carbocycles. The predicted molar refractivity (Wildman–Crippen MR) is 79.0 cm³/mol. The number of esters is 1. The first-order valence-electron chi connectivity index (χ1n) is 7.53. The third-order valence-electron chi connectivity index (χ3n) is 3.81. The van der Waals surface area contributed by atoms with Crippen LogP contribution in [0.4, 0.5) is 17.6 Å². The van der Waals surface area contributed by atoms with Gasteiger partial charge in [0.15, 0.2) is 11.6 Å². The van der Waals surface area contributed by atoms with Crippen LogP contribution in [0.25, 0.3) is 10.9 Å². The van der Waals surface area contributed by atoms with Gasteiger partial charge < -0.3 is 14.0 Å². The lowest BCUT2D eigenvalue weighted by molar-refractivity contribution is -0.0516. The molecule has 9 heteroatoms. The van der Waals surface area contributed by atoms with Crippen LogP contribution in [0.5, 0.6) is 5.75 Å². The number of hydrogen-bond acceptors (Lipinski definition) is 4. The number of hydrogen-bond donors (Lipinski definition) is 0. The van der Waals surface area contributed by atoms with E-state index < -0.39 is 40.8 Å². The zero-order chi connectivity index (χ0) is 18.3. The minimum absolute atomic E-state index is 0.0112. The summed E-state index contributed by atoms with van der Waals surface area (Å²) in [6.07, 6.45) is 2.39. The first-order valence-corrected chi connectivity index (χ1v) is 7.53. The number of aromatic nitrogens is 1. The fraction of sp³-hybridized carbons (Fsp3) is 0.375. The number of rotatable bonds is 5. The Bertz CT molecular complexity index is 905. The zero-order valence-corrected chi connectivity index (χ0v) is 13.0. The van der Waals surface area contributed by atoms with Crippen molar-refractivity contribution >= 4 is 16.9 Å². The van der Waals surface area contributed by atoms with E-state index in [4.69, 9.17) is 4.74 Å². The summed E-state index contributed by atoms with van der Waals surface area (Å²) in [6, 6.07) is 0.341. The number of alkyl halides is 2. The Balaban J connectivity index is 2.37. The Morgan fingerprint density at radius 2 is 2.04 bits per heavy atom. The second-order valence-corrected chi connectivity index (χ2v) is 5.51. The van der Waals surface area contributed by atoms with E-state index in [1.165, 1.54) is 4.57 Å². The molecule has 0 spiro atoms. The third-order valence-corrected chi connectivity index (χ3v) is 3.81. The van der Waals surface area contributed by atoms with Crippen molar-refractivity contribution in [2.24, 2.45) is 0 Å². The van der Waals surface area contributed by atoms with Crippen LogP contribution in [-0.2, 0) is 4.74 Å². The molecule has 1 heterocycles. The lowest BCUT2D eigenvalue weighted by Gasteiger charge is -2.17. The fourth-order valence-corrected chi connectivity index (χ4v) is 2.62. The van der Waals surface area contributed by atoms with Gasteiger partial charge in [0.1, 0.15) is 5.56 Å². The summed E-state index contributed by atoms with van der Waals surface area (Å²) in [5, 5.41) is -0.424. The van der Waals surface area contributed by atoms with Crippen molar-refractivity contribution in [2.75, 3.05) is 6.61 Å². The first-order chi connectivity index (χ1) is 11.8. The maximum absolute atomic E-state index is 14.0. The molecule has 1 aromatic carbocycles. The molecule has 0 bridgehead atoms. The summed E-state index contributed by atoms with van der Waals surface area (Å²) in [5.41, 5.74) is -1.63.